The molecule has 3 heteroatoms. The Morgan fingerprint density at radius 3 is 2.57 bits per heavy atom. The second kappa shape index (κ2) is 9.35. The standard InChI is InChI=1S/C18H27NO2/c1-14(9-10-17-7-5-4-6-8-17)12-18(21)19-13-15(2)11-16(3)20/h4-8,12,15-16,20H,9-11,13H2,1-3H3,(H,19,21). The molecule has 0 radical (unpaired) electrons. The number of benzene rings is 1. The summed E-state index contributed by atoms with van der Waals surface area (Å²) in [7, 11) is 0. The molecule has 0 spiro atoms. The van der Waals surface area contributed by atoms with Crippen LogP contribution in [-0.2, 0) is 11.2 Å². The van der Waals surface area contributed by atoms with Gasteiger partial charge in [0.2, 0.25) is 5.91 Å². The molecule has 116 valence electrons. The number of aryl methyl sites for hydroxylation is 1. The largest absolute Gasteiger partial charge is 0.393 e. The molecular weight excluding hydrogens is 262 g/mol. The first kappa shape index (κ1) is 17.4. The number of carbonyl (C=O) groups excluding carboxylic acids is 1. The van der Waals surface area contributed by atoms with Crippen LogP contribution in [0.3, 0.4) is 0 Å². The van der Waals surface area contributed by atoms with Crippen LogP contribution in [0.5, 0.6) is 0 Å². The van der Waals surface area contributed by atoms with Gasteiger partial charge < -0.3 is 10.4 Å². The minimum atomic E-state index is -0.319. The van der Waals surface area contributed by atoms with Crippen molar-refractivity contribution in [3.8, 4) is 0 Å². The zero-order chi connectivity index (χ0) is 15.7. The third-order valence-corrected chi connectivity index (χ3v) is 3.40. The Bertz CT molecular complexity index is 452. The monoisotopic (exact) mass is 289 g/mol. The zero-order valence-corrected chi connectivity index (χ0v) is 13.3. The molecule has 0 saturated heterocycles. The molecular formula is C18H27NO2. The van der Waals surface area contributed by atoms with Gasteiger partial charge in [0.05, 0.1) is 6.10 Å². The van der Waals surface area contributed by atoms with Crippen molar-refractivity contribution >= 4 is 5.91 Å². The van der Waals surface area contributed by atoms with E-state index in [2.05, 4.69) is 17.4 Å². The maximum atomic E-state index is 11.8. The summed E-state index contributed by atoms with van der Waals surface area (Å²) in [5.74, 6) is 0.241. The Morgan fingerprint density at radius 2 is 1.95 bits per heavy atom. The topological polar surface area (TPSA) is 49.3 Å². The number of hydrogen-bond donors (Lipinski definition) is 2. The molecule has 3 nitrogen and oxygen atoms in total. The summed E-state index contributed by atoms with van der Waals surface area (Å²) >= 11 is 0. The number of carbonyl (C=O) groups is 1. The van der Waals surface area contributed by atoms with Gasteiger partial charge in [-0.05, 0) is 44.6 Å². The Morgan fingerprint density at radius 1 is 1.29 bits per heavy atom. The van der Waals surface area contributed by atoms with E-state index in [-0.39, 0.29) is 17.9 Å². The molecule has 0 heterocycles. The lowest BCUT2D eigenvalue weighted by Gasteiger charge is -2.13. The summed E-state index contributed by atoms with van der Waals surface area (Å²) < 4.78 is 0. The second-order valence-corrected chi connectivity index (χ2v) is 5.91. The van der Waals surface area contributed by atoms with Crippen molar-refractivity contribution in [2.75, 3.05) is 6.54 Å². The third kappa shape index (κ3) is 8.30. The molecule has 0 bridgehead atoms. The smallest absolute Gasteiger partial charge is 0.243 e. The number of amides is 1. The van der Waals surface area contributed by atoms with E-state index in [1.807, 2.05) is 32.0 Å². The highest BCUT2D eigenvalue weighted by Crippen LogP contribution is 2.08. The zero-order valence-electron chi connectivity index (χ0n) is 13.3. The molecule has 0 aliphatic heterocycles. The van der Waals surface area contributed by atoms with Crippen LogP contribution >= 0.6 is 0 Å². The second-order valence-electron chi connectivity index (χ2n) is 5.91. The molecule has 2 atom stereocenters. The lowest BCUT2D eigenvalue weighted by Crippen LogP contribution is -2.28. The van der Waals surface area contributed by atoms with E-state index in [9.17, 15) is 9.90 Å². The average molecular weight is 289 g/mol. The van der Waals surface area contributed by atoms with Crippen LogP contribution < -0.4 is 5.32 Å². The van der Waals surface area contributed by atoms with Crippen LogP contribution in [0, 0.1) is 5.92 Å². The number of rotatable bonds is 8. The SMILES string of the molecule is CC(=CC(=O)NCC(C)CC(C)O)CCc1ccccc1. The minimum absolute atomic E-state index is 0.0435. The Labute approximate surface area is 128 Å². The highest BCUT2D eigenvalue weighted by atomic mass is 16.3. The number of allylic oxidation sites excluding steroid dienone is 1. The summed E-state index contributed by atoms with van der Waals surface area (Å²) in [6, 6.07) is 10.3. The van der Waals surface area contributed by atoms with E-state index < -0.39 is 0 Å². The van der Waals surface area contributed by atoms with Crippen molar-refractivity contribution in [3.63, 3.8) is 0 Å². The molecule has 1 rings (SSSR count). The molecule has 0 aliphatic carbocycles. The van der Waals surface area contributed by atoms with Gasteiger partial charge in [0.25, 0.3) is 0 Å². The molecule has 0 aromatic heterocycles. The molecule has 1 amide bonds. The third-order valence-electron chi connectivity index (χ3n) is 3.40. The van der Waals surface area contributed by atoms with E-state index in [0.717, 1.165) is 18.4 Å². The van der Waals surface area contributed by atoms with E-state index >= 15 is 0 Å². The highest BCUT2D eigenvalue weighted by molar-refractivity contribution is 5.88. The fourth-order valence-corrected chi connectivity index (χ4v) is 2.27. The summed E-state index contributed by atoms with van der Waals surface area (Å²) in [6.07, 6.45) is 3.91. The molecule has 2 N–H and O–H groups in total. The lowest BCUT2D eigenvalue weighted by atomic mass is 10.0. The van der Waals surface area contributed by atoms with Crippen LogP contribution in [-0.4, -0.2) is 23.7 Å². The Balaban J connectivity index is 2.31. The van der Waals surface area contributed by atoms with Crippen LogP contribution in [0.1, 0.15) is 39.2 Å². The Kier molecular flexibility index (Phi) is 7.76. The van der Waals surface area contributed by atoms with Gasteiger partial charge >= 0.3 is 0 Å². The van der Waals surface area contributed by atoms with E-state index in [1.54, 1.807) is 13.0 Å². The maximum absolute atomic E-state index is 11.8. The Hall–Kier alpha value is -1.61. The molecule has 0 saturated carbocycles. The quantitative estimate of drug-likeness (QED) is 0.723. The molecule has 0 fully saturated rings. The molecule has 21 heavy (non-hydrogen) atoms. The number of hydrogen-bond acceptors (Lipinski definition) is 2. The molecule has 0 aliphatic rings. The summed E-state index contributed by atoms with van der Waals surface area (Å²) in [4.78, 5) is 11.8. The van der Waals surface area contributed by atoms with Crippen LogP contribution in [0.2, 0.25) is 0 Å². The minimum Gasteiger partial charge on any atom is -0.393 e. The van der Waals surface area contributed by atoms with Crippen molar-refractivity contribution in [3.05, 3.63) is 47.5 Å². The van der Waals surface area contributed by atoms with Crippen LogP contribution in [0.4, 0.5) is 0 Å². The lowest BCUT2D eigenvalue weighted by molar-refractivity contribution is -0.116. The summed E-state index contributed by atoms with van der Waals surface area (Å²) in [5, 5.41) is 12.2. The predicted octanol–water partition coefficient (Wildman–Crippen LogP) is 3.09. The first-order chi connectivity index (χ1) is 9.97. The van der Waals surface area contributed by atoms with Crippen molar-refractivity contribution in [2.45, 2.75) is 46.1 Å². The van der Waals surface area contributed by atoms with Crippen molar-refractivity contribution in [1.29, 1.82) is 0 Å². The van der Waals surface area contributed by atoms with Crippen molar-refractivity contribution in [1.82, 2.24) is 5.32 Å². The van der Waals surface area contributed by atoms with Gasteiger partial charge in [-0.3, -0.25) is 4.79 Å². The number of nitrogens with one attached hydrogen (secondary N) is 1. The van der Waals surface area contributed by atoms with Crippen molar-refractivity contribution < 1.29 is 9.90 Å². The predicted molar refractivity (Wildman–Crippen MR) is 87.0 cm³/mol. The van der Waals surface area contributed by atoms with Gasteiger partial charge in [0.1, 0.15) is 0 Å². The van der Waals surface area contributed by atoms with Gasteiger partial charge in [-0.15, -0.1) is 0 Å². The van der Waals surface area contributed by atoms with E-state index in [4.69, 9.17) is 0 Å². The van der Waals surface area contributed by atoms with Gasteiger partial charge in [-0.1, -0.05) is 42.8 Å². The van der Waals surface area contributed by atoms with Crippen LogP contribution in [0.15, 0.2) is 42.0 Å². The van der Waals surface area contributed by atoms with Gasteiger partial charge in [0.15, 0.2) is 0 Å². The number of aliphatic hydroxyl groups excluding tert-OH is 1. The average Bonchev–Trinajstić information content (AvgIpc) is 2.43. The normalized spacial score (nSPS) is 14.6. The van der Waals surface area contributed by atoms with Gasteiger partial charge in [0, 0.05) is 12.6 Å². The highest BCUT2D eigenvalue weighted by Gasteiger charge is 2.07. The molecule has 1 aromatic carbocycles. The molecule has 2 unspecified atom stereocenters. The first-order valence-corrected chi connectivity index (χ1v) is 7.64. The van der Waals surface area contributed by atoms with Crippen LogP contribution in [0.25, 0.3) is 0 Å². The fraction of sp³-hybridized carbons (Fsp3) is 0.500. The number of aliphatic hydroxyl groups is 1. The van der Waals surface area contributed by atoms with E-state index in [1.165, 1.54) is 5.56 Å². The summed E-state index contributed by atoms with van der Waals surface area (Å²) in [5.41, 5.74) is 2.37. The fourth-order valence-electron chi connectivity index (χ4n) is 2.27. The van der Waals surface area contributed by atoms with Crippen molar-refractivity contribution in [2.24, 2.45) is 5.92 Å². The molecule has 1 aromatic rings. The van der Waals surface area contributed by atoms with E-state index in [0.29, 0.717) is 13.0 Å². The summed E-state index contributed by atoms with van der Waals surface area (Å²) in [6.45, 7) is 6.39. The first-order valence-electron chi connectivity index (χ1n) is 7.64. The van der Waals surface area contributed by atoms with Gasteiger partial charge in [-0.2, -0.15) is 0 Å². The maximum Gasteiger partial charge on any atom is 0.243 e. The van der Waals surface area contributed by atoms with Gasteiger partial charge in [-0.25, -0.2) is 0 Å².